The van der Waals surface area contributed by atoms with E-state index in [4.69, 9.17) is 9.47 Å². The number of carbonyl (C=O) groups excluding carboxylic acids is 1. The highest BCUT2D eigenvalue weighted by Gasteiger charge is 2.13. The fraction of sp³-hybridized carbons (Fsp3) is 0.238. The number of hydrogen-bond donors (Lipinski definition) is 1. The van der Waals surface area contributed by atoms with Gasteiger partial charge in [-0.25, -0.2) is 0 Å². The Labute approximate surface area is 168 Å². The first-order valence-electron chi connectivity index (χ1n) is 8.97. The smallest absolute Gasteiger partial charge is 0.271 e. The zero-order chi connectivity index (χ0) is 21.2. The monoisotopic (exact) mass is 395 g/mol. The van der Waals surface area contributed by atoms with Crippen LogP contribution in [0.1, 0.15) is 25.3 Å². The van der Waals surface area contributed by atoms with Gasteiger partial charge in [-0.1, -0.05) is 25.5 Å². The summed E-state index contributed by atoms with van der Waals surface area (Å²) in [5, 5.41) is 22.7. The third-order valence-electron chi connectivity index (χ3n) is 3.93. The number of nitrogens with zero attached hydrogens (tertiary/aromatic N) is 2. The van der Waals surface area contributed by atoms with Crippen molar-refractivity contribution in [1.82, 2.24) is 0 Å². The average Bonchev–Trinajstić information content (AvgIpc) is 2.72. The van der Waals surface area contributed by atoms with Gasteiger partial charge >= 0.3 is 0 Å². The van der Waals surface area contributed by atoms with Gasteiger partial charge in [-0.05, 0) is 36.3 Å². The Bertz CT molecular complexity index is 963. The highest BCUT2D eigenvalue weighted by molar-refractivity contribution is 6.09. The Hall–Kier alpha value is -3.86. The summed E-state index contributed by atoms with van der Waals surface area (Å²) in [6.45, 7) is 2.63. The fourth-order valence-corrected chi connectivity index (χ4v) is 2.43. The maximum Gasteiger partial charge on any atom is 0.271 e. The second-order valence-corrected chi connectivity index (χ2v) is 6.04. The summed E-state index contributed by atoms with van der Waals surface area (Å²) >= 11 is 0. The predicted molar refractivity (Wildman–Crippen MR) is 109 cm³/mol. The number of nitrogens with one attached hydrogen (secondary N) is 1. The van der Waals surface area contributed by atoms with E-state index in [1.165, 1.54) is 37.5 Å². The molecule has 0 heterocycles. The van der Waals surface area contributed by atoms with Crippen LogP contribution in [-0.2, 0) is 4.79 Å². The molecule has 150 valence electrons. The molecule has 0 atom stereocenters. The number of rotatable bonds is 9. The number of unbranched alkanes of at least 4 members (excludes halogenated alkanes) is 1. The van der Waals surface area contributed by atoms with Crippen LogP contribution in [0.25, 0.3) is 6.08 Å². The number of nitriles is 1. The quantitative estimate of drug-likeness (QED) is 0.222. The molecule has 0 saturated heterocycles. The summed E-state index contributed by atoms with van der Waals surface area (Å²) in [4.78, 5) is 22.7. The summed E-state index contributed by atoms with van der Waals surface area (Å²) in [7, 11) is 1.51. The van der Waals surface area contributed by atoms with Crippen molar-refractivity contribution in [2.45, 2.75) is 19.8 Å². The SMILES string of the molecule is CCCCOc1ccc(/C=C(/C#N)C(=O)Nc2cccc([N+](=O)[O-])c2)cc1OC. The molecule has 0 aliphatic heterocycles. The van der Waals surface area contributed by atoms with Crippen molar-refractivity contribution in [1.29, 1.82) is 5.26 Å². The lowest BCUT2D eigenvalue weighted by Crippen LogP contribution is -2.13. The van der Waals surface area contributed by atoms with E-state index in [-0.39, 0.29) is 16.9 Å². The lowest BCUT2D eigenvalue weighted by atomic mass is 10.1. The van der Waals surface area contributed by atoms with Gasteiger partial charge in [-0.3, -0.25) is 14.9 Å². The van der Waals surface area contributed by atoms with Crippen molar-refractivity contribution in [2.75, 3.05) is 19.0 Å². The summed E-state index contributed by atoms with van der Waals surface area (Å²) in [5.41, 5.74) is 0.491. The van der Waals surface area contributed by atoms with Gasteiger partial charge in [-0.15, -0.1) is 0 Å². The molecule has 0 unspecified atom stereocenters. The first-order valence-corrected chi connectivity index (χ1v) is 8.97. The van der Waals surface area contributed by atoms with E-state index in [2.05, 4.69) is 12.2 Å². The number of non-ortho nitro benzene ring substituents is 1. The molecule has 2 aromatic carbocycles. The third-order valence-corrected chi connectivity index (χ3v) is 3.93. The number of carbonyl (C=O) groups is 1. The van der Waals surface area contributed by atoms with Crippen LogP contribution in [0.15, 0.2) is 48.0 Å². The Kier molecular flexibility index (Phi) is 7.74. The van der Waals surface area contributed by atoms with Crippen LogP contribution >= 0.6 is 0 Å². The highest BCUT2D eigenvalue weighted by atomic mass is 16.6. The lowest BCUT2D eigenvalue weighted by Gasteiger charge is -2.11. The van der Waals surface area contributed by atoms with Gasteiger partial charge in [-0.2, -0.15) is 5.26 Å². The summed E-state index contributed by atoms with van der Waals surface area (Å²) in [6.07, 6.45) is 3.33. The molecule has 0 bridgehead atoms. The van der Waals surface area contributed by atoms with Gasteiger partial charge < -0.3 is 14.8 Å². The maximum absolute atomic E-state index is 12.4. The molecule has 0 aliphatic rings. The van der Waals surface area contributed by atoms with Crippen molar-refractivity contribution in [3.05, 3.63) is 63.7 Å². The molecule has 2 aromatic rings. The standard InChI is InChI=1S/C21H21N3O5/c1-3-4-10-29-19-9-8-15(12-20(19)28-2)11-16(14-22)21(25)23-17-6-5-7-18(13-17)24(26)27/h5-9,11-13H,3-4,10H2,1-2H3,(H,23,25)/b16-11-. The van der Waals surface area contributed by atoms with Crippen molar-refractivity contribution >= 4 is 23.4 Å². The second kappa shape index (κ2) is 10.5. The molecule has 2 rings (SSSR count). The molecule has 0 fully saturated rings. The van der Waals surface area contributed by atoms with Crippen LogP contribution in [0.2, 0.25) is 0 Å². The number of benzene rings is 2. The first kappa shape index (κ1) is 21.4. The number of nitro benzene ring substituents is 1. The number of anilines is 1. The van der Waals surface area contributed by atoms with E-state index < -0.39 is 10.8 Å². The highest BCUT2D eigenvalue weighted by Crippen LogP contribution is 2.29. The van der Waals surface area contributed by atoms with Gasteiger partial charge in [0.15, 0.2) is 11.5 Å². The maximum atomic E-state index is 12.4. The summed E-state index contributed by atoms with van der Waals surface area (Å²) in [5.74, 6) is 0.402. The topological polar surface area (TPSA) is 114 Å². The molecular formula is C21H21N3O5. The minimum Gasteiger partial charge on any atom is -0.493 e. The Balaban J connectivity index is 2.20. The van der Waals surface area contributed by atoms with E-state index in [0.717, 1.165) is 12.8 Å². The number of methoxy groups -OCH3 is 1. The van der Waals surface area contributed by atoms with Gasteiger partial charge in [0.05, 0.1) is 18.6 Å². The minimum absolute atomic E-state index is 0.154. The molecule has 0 saturated carbocycles. The van der Waals surface area contributed by atoms with Crippen LogP contribution in [-0.4, -0.2) is 24.5 Å². The van der Waals surface area contributed by atoms with Crippen LogP contribution < -0.4 is 14.8 Å². The molecule has 0 aromatic heterocycles. The van der Waals surface area contributed by atoms with E-state index >= 15 is 0 Å². The number of ether oxygens (including phenoxy) is 2. The number of nitro groups is 1. The first-order chi connectivity index (χ1) is 14.0. The van der Waals surface area contributed by atoms with Crippen molar-refractivity contribution in [2.24, 2.45) is 0 Å². The molecule has 8 nitrogen and oxygen atoms in total. The number of amides is 1. The van der Waals surface area contributed by atoms with Crippen molar-refractivity contribution in [3.63, 3.8) is 0 Å². The van der Waals surface area contributed by atoms with E-state index in [0.29, 0.717) is 23.7 Å². The van der Waals surface area contributed by atoms with Crippen LogP contribution in [0.4, 0.5) is 11.4 Å². The average molecular weight is 395 g/mol. The zero-order valence-corrected chi connectivity index (χ0v) is 16.2. The molecule has 0 aliphatic carbocycles. The largest absolute Gasteiger partial charge is 0.493 e. The van der Waals surface area contributed by atoms with E-state index in [1.54, 1.807) is 18.2 Å². The van der Waals surface area contributed by atoms with Crippen molar-refractivity contribution < 1.29 is 19.2 Å². The van der Waals surface area contributed by atoms with Gasteiger partial charge in [0.25, 0.3) is 11.6 Å². The Morgan fingerprint density at radius 2 is 2.07 bits per heavy atom. The van der Waals surface area contributed by atoms with E-state index in [9.17, 15) is 20.2 Å². The normalized spacial score (nSPS) is 10.7. The molecule has 8 heteroatoms. The molecule has 1 N–H and O–H groups in total. The molecular weight excluding hydrogens is 374 g/mol. The third kappa shape index (κ3) is 6.07. The predicted octanol–water partition coefficient (Wildman–Crippen LogP) is 4.33. The molecule has 0 radical (unpaired) electrons. The summed E-state index contributed by atoms with van der Waals surface area (Å²) < 4.78 is 11.0. The van der Waals surface area contributed by atoms with Crippen LogP contribution in [0, 0.1) is 21.4 Å². The Morgan fingerprint density at radius 3 is 2.72 bits per heavy atom. The van der Waals surface area contributed by atoms with Gasteiger partial charge in [0.2, 0.25) is 0 Å². The second-order valence-electron chi connectivity index (χ2n) is 6.04. The van der Waals surface area contributed by atoms with Gasteiger partial charge in [0.1, 0.15) is 11.6 Å². The van der Waals surface area contributed by atoms with Gasteiger partial charge in [0, 0.05) is 17.8 Å². The minimum atomic E-state index is -0.671. The van der Waals surface area contributed by atoms with Crippen molar-refractivity contribution in [3.8, 4) is 17.6 Å². The Morgan fingerprint density at radius 1 is 1.28 bits per heavy atom. The van der Waals surface area contributed by atoms with Crippen LogP contribution in [0.3, 0.4) is 0 Å². The van der Waals surface area contributed by atoms with Crippen LogP contribution in [0.5, 0.6) is 11.5 Å². The fourth-order valence-electron chi connectivity index (χ4n) is 2.43. The number of hydrogen-bond acceptors (Lipinski definition) is 6. The molecule has 0 spiro atoms. The molecule has 29 heavy (non-hydrogen) atoms. The molecule has 1 amide bonds. The lowest BCUT2D eigenvalue weighted by molar-refractivity contribution is -0.384. The summed E-state index contributed by atoms with van der Waals surface area (Å²) in [6, 6.07) is 12.4. The van der Waals surface area contributed by atoms with E-state index in [1.807, 2.05) is 6.07 Å². The zero-order valence-electron chi connectivity index (χ0n) is 16.2.